The molecular formula is C64H71Cl3N20O4. The number of hydrogen-bond donors (Lipinski definition) is 3. The van der Waals surface area contributed by atoms with E-state index in [0.29, 0.717) is 81.9 Å². The molecule has 4 aromatic heterocycles. The highest BCUT2D eigenvalue weighted by molar-refractivity contribution is 6.29. The molecule has 4 saturated heterocycles. The van der Waals surface area contributed by atoms with Crippen LogP contribution in [0.2, 0.25) is 5.15 Å². The predicted molar refractivity (Wildman–Crippen MR) is 352 cm³/mol. The van der Waals surface area contributed by atoms with E-state index in [9.17, 15) is 19.2 Å². The lowest BCUT2D eigenvalue weighted by molar-refractivity contribution is 0.0730. The van der Waals surface area contributed by atoms with Crippen molar-refractivity contribution in [1.82, 2.24) is 64.8 Å². The van der Waals surface area contributed by atoms with Crippen LogP contribution in [0.5, 0.6) is 0 Å². The summed E-state index contributed by atoms with van der Waals surface area (Å²) in [4.78, 5) is 95.1. The highest BCUT2D eigenvalue weighted by Crippen LogP contribution is 2.19. The maximum atomic E-state index is 12.4. The quantitative estimate of drug-likeness (QED) is 0.146. The zero-order valence-corrected chi connectivity index (χ0v) is 52.4. The number of rotatable bonds is 9. The Balaban J connectivity index is 0.000000185. The van der Waals surface area contributed by atoms with E-state index >= 15 is 0 Å². The number of halogens is 3. The molecule has 91 heavy (non-hydrogen) atoms. The molecule has 472 valence electrons. The second-order valence-electron chi connectivity index (χ2n) is 20.2. The molecule has 4 aliphatic heterocycles. The summed E-state index contributed by atoms with van der Waals surface area (Å²) in [5.74, 6) is 2.87. The zero-order valence-electron chi connectivity index (χ0n) is 50.0. The van der Waals surface area contributed by atoms with Crippen LogP contribution < -0.4 is 31.5 Å². The van der Waals surface area contributed by atoms with Crippen LogP contribution in [0, 0.1) is 22.7 Å². The van der Waals surface area contributed by atoms with Crippen molar-refractivity contribution < 1.29 is 19.2 Å². The fourth-order valence-electron chi connectivity index (χ4n) is 9.65. The van der Waals surface area contributed by atoms with E-state index in [1.807, 2.05) is 165 Å². The topological polar surface area (TPSA) is 306 Å². The predicted octanol–water partition coefficient (Wildman–Crippen LogP) is 5.68. The van der Waals surface area contributed by atoms with Crippen molar-refractivity contribution in [3.05, 3.63) is 221 Å². The van der Waals surface area contributed by atoms with E-state index in [4.69, 9.17) is 33.6 Å². The number of anilines is 3. The van der Waals surface area contributed by atoms with Gasteiger partial charge in [-0.2, -0.15) is 10.5 Å². The van der Waals surface area contributed by atoms with Crippen LogP contribution in [0.4, 0.5) is 17.5 Å². The monoisotopic (exact) mass is 1290 g/mol. The number of carbonyl (C=O) groups excluding carboxylic acids is 4. The highest BCUT2D eigenvalue weighted by Gasteiger charge is 2.26. The fourth-order valence-corrected chi connectivity index (χ4v) is 9.80. The molecule has 4 fully saturated rings. The largest absolute Gasteiger partial charge is 0.353 e. The number of piperazine rings is 4. The average Bonchev–Trinajstić information content (AvgIpc) is 2.68. The van der Waals surface area contributed by atoms with Crippen molar-refractivity contribution in [2.45, 2.75) is 13.1 Å². The molecule has 0 spiro atoms. The lowest BCUT2D eigenvalue weighted by atomic mass is 10.2. The Labute approximate surface area is 546 Å². The third-order valence-electron chi connectivity index (χ3n) is 14.5. The van der Waals surface area contributed by atoms with Gasteiger partial charge in [-0.15, -0.1) is 24.8 Å². The number of benzene rings is 4. The van der Waals surface area contributed by atoms with Gasteiger partial charge >= 0.3 is 0 Å². The van der Waals surface area contributed by atoms with Crippen LogP contribution in [0.3, 0.4) is 0 Å². The highest BCUT2D eigenvalue weighted by atomic mass is 35.5. The van der Waals surface area contributed by atoms with Gasteiger partial charge in [0.2, 0.25) is 0 Å². The number of amides is 4. The van der Waals surface area contributed by atoms with Crippen molar-refractivity contribution in [2.24, 2.45) is 11.5 Å². The molecule has 27 heteroatoms. The van der Waals surface area contributed by atoms with Gasteiger partial charge in [0.25, 0.3) is 23.6 Å². The van der Waals surface area contributed by atoms with Crippen LogP contribution in [-0.2, 0) is 13.1 Å². The number of nitrogens with zero attached hydrogens (tertiary/aromatic N) is 17. The summed E-state index contributed by atoms with van der Waals surface area (Å²) in [5.41, 5.74) is 16.5. The Morgan fingerprint density at radius 1 is 0.396 bits per heavy atom. The molecule has 4 aliphatic rings. The Morgan fingerprint density at radius 3 is 0.978 bits per heavy atom. The van der Waals surface area contributed by atoms with Gasteiger partial charge in [-0.25, -0.2) is 39.9 Å². The average molecular weight is 1290 g/mol. The molecule has 0 radical (unpaired) electrons. The number of carbonyl (C=O) groups is 4. The molecule has 0 aliphatic carbocycles. The fraction of sp³-hybridized carbons (Fsp3) is 0.281. The third-order valence-corrected chi connectivity index (χ3v) is 14.7. The van der Waals surface area contributed by atoms with Gasteiger partial charge in [-0.1, -0.05) is 84.4 Å². The number of nitrogens with two attached hydrogens (primary N) is 2. The first kappa shape index (κ1) is 70.3. The van der Waals surface area contributed by atoms with Gasteiger partial charge in [0.05, 0.1) is 11.4 Å². The molecule has 0 atom stereocenters. The number of hydrogen-bond acceptors (Lipinski definition) is 20. The summed E-state index contributed by atoms with van der Waals surface area (Å²) >= 11 is 5.42. The molecule has 8 aromatic rings. The summed E-state index contributed by atoms with van der Waals surface area (Å²) in [5, 5.41) is 20.7. The molecule has 0 saturated carbocycles. The van der Waals surface area contributed by atoms with Gasteiger partial charge < -0.3 is 51.1 Å². The second kappa shape index (κ2) is 37.3. The van der Waals surface area contributed by atoms with E-state index in [0.717, 1.165) is 97.9 Å². The first-order chi connectivity index (χ1) is 43.5. The van der Waals surface area contributed by atoms with Crippen LogP contribution in [0.15, 0.2) is 171 Å². The normalized spacial score (nSPS) is 14.1. The number of nitriles is 2. The zero-order chi connectivity index (χ0) is 62.6. The lowest BCUT2D eigenvalue weighted by Crippen LogP contribution is -2.49. The Bertz CT molecular complexity index is 3510. The summed E-state index contributed by atoms with van der Waals surface area (Å²) in [6, 6.07) is 48.3. The first-order valence-electron chi connectivity index (χ1n) is 29.0. The van der Waals surface area contributed by atoms with Crippen LogP contribution in [0.1, 0.15) is 64.2 Å². The number of nitrogens with one attached hydrogen (secondary N) is 1. The van der Waals surface area contributed by atoms with E-state index in [2.05, 4.69) is 59.9 Å². The maximum absolute atomic E-state index is 12.4. The summed E-state index contributed by atoms with van der Waals surface area (Å²) in [6.07, 6.45) is 5.73. The van der Waals surface area contributed by atoms with Crippen molar-refractivity contribution >= 4 is 77.5 Å². The Hall–Kier alpha value is -9.79. The smallest absolute Gasteiger partial charge is 0.253 e. The third kappa shape index (κ3) is 21.2. The molecule has 0 bridgehead atoms. The Morgan fingerprint density at radius 2 is 0.681 bits per heavy atom. The Kier molecular flexibility index (Phi) is 28.8. The van der Waals surface area contributed by atoms with Crippen molar-refractivity contribution in [3.8, 4) is 12.1 Å². The van der Waals surface area contributed by atoms with E-state index in [-0.39, 0.29) is 54.1 Å². The molecule has 8 heterocycles. The van der Waals surface area contributed by atoms with Gasteiger partial charge in [0.15, 0.2) is 0 Å². The van der Waals surface area contributed by atoms with Crippen LogP contribution in [-0.4, -0.2) is 188 Å². The minimum Gasteiger partial charge on any atom is -0.353 e. The molecule has 24 nitrogen and oxygen atoms in total. The maximum Gasteiger partial charge on any atom is 0.253 e. The first-order valence-corrected chi connectivity index (χ1v) is 29.4. The van der Waals surface area contributed by atoms with Crippen molar-refractivity contribution in [2.75, 3.05) is 119 Å². The standard InChI is InChI=1S/2C16H19N5O.C16H15N5O.C11H14N2O.C5H2ClN3.2ClH/c3*17-11-14-10-15(19-12-18-14)20-6-8-21(9-7-20)16(22)13-4-2-1-3-5-13;14-11(10-4-2-1-3-5-10)13-8-6-12-7-9-13;6-5-1-4(2-7)8-3-9-5;;/h2*1-5,10,12H,6-9,11,17H2;1-5,10,12H,6-9H2;1-5,12H,6-9H2;1,3H;2*1H. The van der Waals surface area contributed by atoms with E-state index in [1.165, 1.54) is 18.7 Å². The van der Waals surface area contributed by atoms with Crippen LogP contribution >= 0.6 is 36.4 Å². The molecule has 4 aromatic carbocycles. The van der Waals surface area contributed by atoms with Gasteiger partial charge in [0, 0.05) is 164 Å². The SMILES string of the molecule is Cl.Cl.N#Cc1cc(Cl)ncn1.N#Cc1cc(N2CCN(C(=O)c3ccccc3)CC2)ncn1.NCc1cc(N2CCN(C(=O)c3ccccc3)CC2)ncn1.NCc1cc(N2CCN(C(=O)c3ccccc3)CC2)ncn1.O=C(c1ccccc1)N1CCNCC1. The van der Waals surface area contributed by atoms with Crippen molar-refractivity contribution in [3.63, 3.8) is 0 Å². The summed E-state index contributed by atoms with van der Waals surface area (Å²) in [7, 11) is 0. The lowest BCUT2D eigenvalue weighted by Gasteiger charge is -2.35. The minimum absolute atomic E-state index is 0. The van der Waals surface area contributed by atoms with Gasteiger partial charge in [-0.3, -0.25) is 19.2 Å². The van der Waals surface area contributed by atoms with Crippen LogP contribution in [0.25, 0.3) is 0 Å². The molecule has 5 N–H and O–H groups in total. The van der Waals surface area contributed by atoms with Gasteiger partial charge in [0.1, 0.15) is 71.4 Å². The molecule has 12 rings (SSSR count). The molecular weight excluding hydrogens is 1220 g/mol. The summed E-state index contributed by atoms with van der Waals surface area (Å²) < 4.78 is 0. The second-order valence-corrected chi connectivity index (χ2v) is 20.6. The summed E-state index contributed by atoms with van der Waals surface area (Å²) in [6.45, 7) is 12.7. The minimum atomic E-state index is 0. The molecule has 4 amide bonds. The van der Waals surface area contributed by atoms with Gasteiger partial charge in [-0.05, 0) is 48.5 Å². The molecule has 0 unspecified atom stereocenters. The number of aromatic nitrogens is 8. The van der Waals surface area contributed by atoms with Crippen molar-refractivity contribution in [1.29, 1.82) is 10.5 Å². The van der Waals surface area contributed by atoms with E-state index < -0.39 is 0 Å². The van der Waals surface area contributed by atoms with E-state index in [1.54, 1.807) is 18.7 Å².